The Labute approximate surface area is 130 Å². The van der Waals surface area contributed by atoms with Crippen LogP contribution in [0, 0.1) is 5.41 Å². The van der Waals surface area contributed by atoms with Gasteiger partial charge in [-0.05, 0) is 19.4 Å². The van der Waals surface area contributed by atoms with Crippen LogP contribution in [-0.2, 0) is 9.53 Å². The van der Waals surface area contributed by atoms with Crippen LogP contribution in [0.2, 0.25) is 0 Å². The highest BCUT2D eigenvalue weighted by atomic mass is 35.5. The summed E-state index contributed by atoms with van der Waals surface area (Å²) in [5.41, 5.74) is 1.37. The zero-order valence-electron chi connectivity index (χ0n) is 12.3. The Morgan fingerprint density at radius 3 is 2.43 bits per heavy atom. The molecule has 0 fully saturated rings. The third kappa shape index (κ3) is 3.52. The van der Waals surface area contributed by atoms with Gasteiger partial charge in [0.05, 0.1) is 0 Å². The molecular weight excluding hydrogens is 288 g/mol. The smallest absolute Gasteiger partial charge is 0.256 e. The van der Waals surface area contributed by atoms with E-state index in [1.165, 1.54) is 0 Å². The maximum absolute atomic E-state index is 11.9. The van der Waals surface area contributed by atoms with Crippen LogP contribution in [0.25, 0.3) is 6.08 Å². The number of carbonyl (C=O) groups is 1. The molecule has 112 valence electrons. The van der Waals surface area contributed by atoms with Gasteiger partial charge in [-0.2, -0.15) is 0 Å². The van der Waals surface area contributed by atoms with Gasteiger partial charge in [0.25, 0.3) is 5.91 Å². The second-order valence-electron chi connectivity index (χ2n) is 5.05. The Morgan fingerprint density at radius 2 is 1.86 bits per heavy atom. The zero-order chi connectivity index (χ0) is 14.8. The van der Waals surface area contributed by atoms with Crippen molar-refractivity contribution in [2.75, 3.05) is 7.05 Å². The molecule has 1 aromatic carbocycles. The number of ether oxygens (including phenoxy) is 1. The largest absolute Gasteiger partial charge is 0.467 e. The van der Waals surface area contributed by atoms with Crippen molar-refractivity contribution in [2.45, 2.75) is 19.4 Å². The highest BCUT2D eigenvalue weighted by Gasteiger charge is 2.39. The van der Waals surface area contributed by atoms with E-state index in [1.807, 2.05) is 56.3 Å². The molecule has 4 nitrogen and oxygen atoms in total. The first-order valence-corrected chi connectivity index (χ1v) is 6.43. The molecular formula is C16H19ClN2O2. The van der Waals surface area contributed by atoms with Gasteiger partial charge < -0.3 is 10.1 Å². The third-order valence-electron chi connectivity index (χ3n) is 3.20. The number of benzene rings is 1. The van der Waals surface area contributed by atoms with Crippen molar-refractivity contribution in [2.24, 2.45) is 0 Å². The van der Waals surface area contributed by atoms with Gasteiger partial charge in [0, 0.05) is 12.6 Å². The molecule has 0 unspecified atom stereocenters. The lowest BCUT2D eigenvalue weighted by Crippen LogP contribution is -2.23. The normalized spacial score (nSPS) is 16.6. The van der Waals surface area contributed by atoms with Gasteiger partial charge >= 0.3 is 0 Å². The van der Waals surface area contributed by atoms with Gasteiger partial charge in [-0.25, -0.2) is 0 Å². The van der Waals surface area contributed by atoms with Crippen LogP contribution in [0.3, 0.4) is 0 Å². The second kappa shape index (κ2) is 6.59. The van der Waals surface area contributed by atoms with Crippen molar-refractivity contribution in [1.82, 2.24) is 5.32 Å². The van der Waals surface area contributed by atoms with Crippen LogP contribution in [0.15, 0.2) is 47.6 Å². The number of likely N-dealkylation sites (N-methyl/N-ethyl adjacent to an activating group) is 1. The molecule has 2 rings (SSSR count). The van der Waals surface area contributed by atoms with Crippen LogP contribution in [-0.4, -0.2) is 24.5 Å². The number of nitrogens with one attached hydrogen (secondary N) is 2. The molecule has 0 saturated heterocycles. The van der Waals surface area contributed by atoms with Crippen LogP contribution in [0.5, 0.6) is 0 Å². The highest BCUT2D eigenvalue weighted by Crippen LogP contribution is 2.33. The Kier molecular flexibility index (Phi) is 5.33. The topological polar surface area (TPSA) is 62.2 Å². The fraction of sp³-hybridized carbons (Fsp3) is 0.250. The van der Waals surface area contributed by atoms with Crippen molar-refractivity contribution in [3.8, 4) is 0 Å². The van der Waals surface area contributed by atoms with E-state index in [0.29, 0.717) is 11.1 Å². The first kappa shape index (κ1) is 17.0. The third-order valence-corrected chi connectivity index (χ3v) is 3.20. The molecule has 0 aromatic heterocycles. The van der Waals surface area contributed by atoms with E-state index < -0.39 is 5.60 Å². The van der Waals surface area contributed by atoms with E-state index in [2.05, 4.69) is 5.32 Å². The summed E-state index contributed by atoms with van der Waals surface area (Å²) in [5, 5.41) is 10.4. The van der Waals surface area contributed by atoms with E-state index in [4.69, 9.17) is 10.1 Å². The van der Waals surface area contributed by atoms with Gasteiger partial charge in [-0.1, -0.05) is 42.5 Å². The van der Waals surface area contributed by atoms with Crippen LogP contribution in [0.4, 0.5) is 0 Å². The van der Waals surface area contributed by atoms with Gasteiger partial charge in [0.2, 0.25) is 5.90 Å². The first-order valence-electron chi connectivity index (χ1n) is 6.43. The van der Waals surface area contributed by atoms with E-state index in [9.17, 15) is 4.79 Å². The Bertz CT molecular complexity index is 604. The van der Waals surface area contributed by atoms with Gasteiger partial charge in [0.1, 0.15) is 11.2 Å². The summed E-state index contributed by atoms with van der Waals surface area (Å²) in [7, 11) is 1.55. The fourth-order valence-corrected chi connectivity index (χ4v) is 2.16. The number of hydrogen-bond donors (Lipinski definition) is 2. The number of halogens is 1. The molecule has 2 N–H and O–H groups in total. The standard InChI is InChI=1S/C16H18N2O2.ClH/c1-16(2)12(10-9-11-7-5-4-6-8-11)13(14(17)20-16)15(19)18-3;/h4-10,17H,1-3H3,(H,18,19);1H. The Morgan fingerprint density at radius 1 is 1.24 bits per heavy atom. The van der Waals surface area contributed by atoms with Crippen molar-refractivity contribution >= 4 is 30.3 Å². The molecule has 5 heteroatoms. The summed E-state index contributed by atoms with van der Waals surface area (Å²) in [5.74, 6) is -0.379. The monoisotopic (exact) mass is 306 g/mol. The summed E-state index contributed by atoms with van der Waals surface area (Å²) in [6, 6.07) is 9.80. The minimum atomic E-state index is -0.676. The fourth-order valence-electron chi connectivity index (χ4n) is 2.16. The van der Waals surface area contributed by atoms with Gasteiger partial charge in [-0.3, -0.25) is 10.2 Å². The molecule has 1 aliphatic rings. The lowest BCUT2D eigenvalue weighted by Gasteiger charge is -2.19. The Hall–Kier alpha value is -2.07. The molecule has 0 atom stereocenters. The minimum Gasteiger partial charge on any atom is -0.467 e. The van der Waals surface area contributed by atoms with E-state index in [1.54, 1.807) is 7.05 Å². The number of carbonyl (C=O) groups excluding carboxylic acids is 1. The van der Waals surface area contributed by atoms with E-state index in [0.717, 1.165) is 5.56 Å². The molecule has 1 aliphatic heterocycles. The lowest BCUT2D eigenvalue weighted by atomic mass is 9.94. The molecule has 21 heavy (non-hydrogen) atoms. The van der Waals surface area contributed by atoms with Crippen LogP contribution in [0.1, 0.15) is 19.4 Å². The van der Waals surface area contributed by atoms with Crippen molar-refractivity contribution in [3.05, 3.63) is 53.1 Å². The minimum absolute atomic E-state index is 0. The molecule has 1 aromatic rings. The quantitative estimate of drug-likeness (QED) is 0.902. The van der Waals surface area contributed by atoms with E-state index >= 15 is 0 Å². The average Bonchev–Trinajstić information content (AvgIpc) is 2.65. The first-order chi connectivity index (χ1) is 9.45. The van der Waals surface area contributed by atoms with Crippen molar-refractivity contribution < 1.29 is 9.53 Å². The lowest BCUT2D eigenvalue weighted by molar-refractivity contribution is -0.116. The molecule has 1 amide bonds. The van der Waals surface area contributed by atoms with Gasteiger partial charge in [-0.15, -0.1) is 12.4 Å². The van der Waals surface area contributed by atoms with E-state index in [-0.39, 0.29) is 24.2 Å². The zero-order valence-corrected chi connectivity index (χ0v) is 13.1. The maximum Gasteiger partial charge on any atom is 0.256 e. The molecule has 0 spiro atoms. The maximum atomic E-state index is 11.9. The summed E-state index contributed by atoms with van der Waals surface area (Å²) in [4.78, 5) is 11.9. The molecule has 0 radical (unpaired) electrons. The molecule has 0 saturated carbocycles. The highest BCUT2D eigenvalue weighted by molar-refractivity contribution is 6.20. The van der Waals surface area contributed by atoms with Crippen molar-refractivity contribution in [3.63, 3.8) is 0 Å². The number of amides is 1. The SMILES string of the molecule is CNC(=O)C1=C(C=Cc2ccccc2)C(C)(C)OC1=N.Cl. The summed E-state index contributed by atoms with van der Waals surface area (Å²) >= 11 is 0. The van der Waals surface area contributed by atoms with Crippen LogP contribution < -0.4 is 5.32 Å². The molecule has 1 heterocycles. The van der Waals surface area contributed by atoms with Gasteiger partial charge in [0.15, 0.2) is 0 Å². The second-order valence-corrected chi connectivity index (χ2v) is 5.05. The summed E-state index contributed by atoms with van der Waals surface area (Å²) < 4.78 is 5.48. The Balaban J connectivity index is 0.00000220. The summed E-state index contributed by atoms with van der Waals surface area (Å²) in [6.07, 6.45) is 3.77. The van der Waals surface area contributed by atoms with Crippen LogP contribution >= 0.6 is 12.4 Å². The predicted octanol–water partition coefficient (Wildman–Crippen LogP) is 2.95. The summed E-state index contributed by atoms with van der Waals surface area (Å²) in [6.45, 7) is 3.70. The molecule has 0 aliphatic carbocycles. The van der Waals surface area contributed by atoms with Crippen molar-refractivity contribution in [1.29, 1.82) is 5.41 Å². The predicted molar refractivity (Wildman–Crippen MR) is 86.7 cm³/mol. The molecule has 0 bridgehead atoms. The number of hydrogen-bond acceptors (Lipinski definition) is 3. The number of rotatable bonds is 3. The average molecular weight is 307 g/mol.